The molecule has 31 heavy (non-hydrogen) atoms. The number of thiazole rings is 1. The van der Waals surface area contributed by atoms with Gasteiger partial charge in [0.25, 0.3) is 11.8 Å². The van der Waals surface area contributed by atoms with E-state index in [1.165, 1.54) is 11.3 Å². The van der Waals surface area contributed by atoms with Crippen LogP contribution >= 0.6 is 23.1 Å². The number of hydrogen-bond acceptors (Lipinski definition) is 7. The van der Waals surface area contributed by atoms with Gasteiger partial charge in [0.1, 0.15) is 11.5 Å². The highest BCUT2D eigenvalue weighted by molar-refractivity contribution is 7.98. The molecular formula is C21H19N5O3S2. The van der Waals surface area contributed by atoms with Crippen molar-refractivity contribution >= 4 is 40.0 Å². The molecule has 4 N–H and O–H groups in total. The van der Waals surface area contributed by atoms with Gasteiger partial charge >= 0.3 is 0 Å². The normalized spacial score (nSPS) is 10.9. The van der Waals surface area contributed by atoms with E-state index in [9.17, 15) is 9.59 Å². The molecule has 0 saturated carbocycles. The molecule has 4 aromatic rings. The van der Waals surface area contributed by atoms with E-state index in [1.807, 2.05) is 37.4 Å². The third kappa shape index (κ3) is 4.54. The third-order valence-electron chi connectivity index (χ3n) is 4.65. The van der Waals surface area contributed by atoms with Gasteiger partial charge in [0, 0.05) is 33.4 Å². The summed E-state index contributed by atoms with van der Waals surface area (Å²) in [6.45, 7) is 3.79. The molecule has 0 atom stereocenters. The third-order valence-corrected chi connectivity index (χ3v) is 6.51. The molecule has 0 radical (unpaired) electrons. The molecule has 0 saturated heterocycles. The predicted octanol–water partition coefficient (Wildman–Crippen LogP) is 4.39. The molecule has 10 heteroatoms. The lowest BCUT2D eigenvalue weighted by Crippen LogP contribution is -2.12. The van der Waals surface area contributed by atoms with Gasteiger partial charge in [-0.3, -0.25) is 14.9 Å². The molecule has 0 aliphatic heterocycles. The molecule has 0 fully saturated rings. The first kappa shape index (κ1) is 20.9. The fourth-order valence-corrected chi connectivity index (χ4v) is 4.87. The number of nitrogens with zero attached hydrogens (tertiary/aromatic N) is 2. The molecule has 8 nitrogen and oxygen atoms in total. The summed E-state index contributed by atoms with van der Waals surface area (Å²) in [5, 5.41) is 9.11. The summed E-state index contributed by atoms with van der Waals surface area (Å²) in [7, 11) is 0. The Kier molecular flexibility index (Phi) is 5.92. The van der Waals surface area contributed by atoms with Crippen LogP contribution in [-0.4, -0.2) is 26.9 Å². The quantitative estimate of drug-likeness (QED) is 0.356. The molecule has 158 valence electrons. The largest absolute Gasteiger partial charge is 0.364 e. The Balaban J connectivity index is 1.48. The summed E-state index contributed by atoms with van der Waals surface area (Å²) >= 11 is 2.86. The summed E-state index contributed by atoms with van der Waals surface area (Å²) in [6.07, 6.45) is 1.65. The summed E-state index contributed by atoms with van der Waals surface area (Å²) in [6, 6.07) is 9.05. The van der Waals surface area contributed by atoms with E-state index in [1.54, 1.807) is 30.1 Å². The topological polar surface area (TPSA) is 127 Å². The fourth-order valence-electron chi connectivity index (χ4n) is 2.95. The first-order chi connectivity index (χ1) is 14.9. The van der Waals surface area contributed by atoms with Crippen LogP contribution in [0.4, 0.5) is 5.13 Å². The standard InChI is InChI=1S/C21H19N5O3S2/c1-11-15(12(2)29-26-11)9-30-18-6-4-3-5-14(18)20(28)25-21-24-17(10-31-21)13-7-16(19(22)27)23-8-13/h3-8,10,23H,9H2,1-2H3,(H2,22,27)(H,24,25,28). The van der Waals surface area contributed by atoms with E-state index in [2.05, 4.69) is 20.4 Å². The Hall–Kier alpha value is -3.37. The van der Waals surface area contributed by atoms with Crippen LogP contribution in [0.25, 0.3) is 11.3 Å². The minimum absolute atomic E-state index is 0.241. The second-order valence-electron chi connectivity index (χ2n) is 6.75. The first-order valence-corrected chi connectivity index (χ1v) is 11.2. The van der Waals surface area contributed by atoms with Crippen molar-refractivity contribution in [2.24, 2.45) is 5.73 Å². The molecule has 4 rings (SSSR count). The van der Waals surface area contributed by atoms with Gasteiger partial charge in [-0.25, -0.2) is 4.98 Å². The van der Waals surface area contributed by atoms with Crippen molar-refractivity contribution in [3.63, 3.8) is 0 Å². The van der Waals surface area contributed by atoms with Crippen LogP contribution in [0.1, 0.15) is 37.9 Å². The Morgan fingerprint density at radius 3 is 2.81 bits per heavy atom. The predicted molar refractivity (Wildman–Crippen MR) is 120 cm³/mol. The lowest BCUT2D eigenvalue weighted by molar-refractivity contribution is 0.0993. The van der Waals surface area contributed by atoms with Crippen molar-refractivity contribution in [2.45, 2.75) is 24.5 Å². The highest BCUT2D eigenvalue weighted by atomic mass is 32.2. The minimum atomic E-state index is -0.541. The molecule has 0 spiro atoms. The number of aryl methyl sites for hydroxylation is 2. The van der Waals surface area contributed by atoms with Crippen molar-refractivity contribution in [1.29, 1.82) is 0 Å². The van der Waals surface area contributed by atoms with E-state index < -0.39 is 5.91 Å². The van der Waals surface area contributed by atoms with Crippen LogP contribution < -0.4 is 11.1 Å². The van der Waals surface area contributed by atoms with Crippen LogP contribution in [0.5, 0.6) is 0 Å². The second kappa shape index (κ2) is 8.78. The summed E-state index contributed by atoms with van der Waals surface area (Å²) < 4.78 is 5.22. The number of thioether (sulfide) groups is 1. The number of hydrogen-bond donors (Lipinski definition) is 3. The number of rotatable bonds is 7. The zero-order chi connectivity index (χ0) is 22.0. The number of nitrogens with one attached hydrogen (secondary N) is 2. The average Bonchev–Trinajstić information content (AvgIpc) is 3.48. The van der Waals surface area contributed by atoms with Crippen molar-refractivity contribution < 1.29 is 14.1 Å². The Labute approximate surface area is 186 Å². The SMILES string of the molecule is Cc1noc(C)c1CSc1ccccc1C(=O)Nc1nc(-c2c[nH]c(C(N)=O)c2)cs1. The van der Waals surface area contributed by atoms with Crippen molar-refractivity contribution in [3.8, 4) is 11.3 Å². The van der Waals surface area contributed by atoms with Gasteiger partial charge in [-0.1, -0.05) is 17.3 Å². The van der Waals surface area contributed by atoms with E-state index in [-0.39, 0.29) is 5.91 Å². The molecule has 0 aliphatic rings. The van der Waals surface area contributed by atoms with E-state index >= 15 is 0 Å². The molecular weight excluding hydrogens is 434 g/mol. The number of nitrogens with two attached hydrogens (primary N) is 1. The van der Waals surface area contributed by atoms with E-state index in [0.717, 1.165) is 27.5 Å². The van der Waals surface area contributed by atoms with Crippen LogP contribution in [0.15, 0.2) is 51.3 Å². The van der Waals surface area contributed by atoms with Crippen LogP contribution in [0.2, 0.25) is 0 Å². The van der Waals surface area contributed by atoms with Gasteiger partial charge in [-0.15, -0.1) is 23.1 Å². The van der Waals surface area contributed by atoms with Crippen LogP contribution in [0.3, 0.4) is 0 Å². The average molecular weight is 454 g/mol. The molecule has 0 aliphatic carbocycles. The smallest absolute Gasteiger partial charge is 0.265 e. The van der Waals surface area contributed by atoms with Gasteiger partial charge in [-0.2, -0.15) is 0 Å². The van der Waals surface area contributed by atoms with Gasteiger partial charge in [0.15, 0.2) is 5.13 Å². The lowest BCUT2D eigenvalue weighted by atomic mass is 10.2. The molecule has 3 aromatic heterocycles. The summed E-state index contributed by atoms with van der Waals surface area (Å²) in [5.74, 6) is 0.657. The highest BCUT2D eigenvalue weighted by Crippen LogP contribution is 2.30. The number of primary amides is 1. The minimum Gasteiger partial charge on any atom is -0.364 e. The Morgan fingerprint density at radius 1 is 1.29 bits per heavy atom. The molecule has 0 bridgehead atoms. The number of aromatic amines is 1. The fraction of sp³-hybridized carbons (Fsp3) is 0.143. The zero-order valence-electron chi connectivity index (χ0n) is 16.8. The van der Waals surface area contributed by atoms with Crippen molar-refractivity contribution in [2.75, 3.05) is 5.32 Å². The van der Waals surface area contributed by atoms with Gasteiger partial charge in [0.05, 0.1) is 17.0 Å². The number of carbonyl (C=O) groups excluding carboxylic acids is 2. The number of anilines is 1. The maximum absolute atomic E-state index is 12.9. The van der Waals surface area contributed by atoms with Gasteiger partial charge < -0.3 is 15.2 Å². The number of H-pyrrole nitrogens is 1. The highest BCUT2D eigenvalue weighted by Gasteiger charge is 2.16. The van der Waals surface area contributed by atoms with E-state index in [4.69, 9.17) is 10.3 Å². The van der Waals surface area contributed by atoms with Crippen molar-refractivity contribution in [3.05, 3.63) is 70.2 Å². The first-order valence-electron chi connectivity index (χ1n) is 9.31. The molecule has 0 unspecified atom stereocenters. The maximum Gasteiger partial charge on any atom is 0.265 e. The van der Waals surface area contributed by atoms with Crippen LogP contribution in [-0.2, 0) is 5.75 Å². The lowest BCUT2D eigenvalue weighted by Gasteiger charge is -2.08. The monoisotopic (exact) mass is 453 g/mol. The van der Waals surface area contributed by atoms with Crippen molar-refractivity contribution in [1.82, 2.24) is 15.1 Å². The number of aromatic nitrogens is 3. The van der Waals surface area contributed by atoms with Crippen LogP contribution in [0, 0.1) is 13.8 Å². The Morgan fingerprint density at radius 2 is 2.10 bits per heavy atom. The van der Waals surface area contributed by atoms with Gasteiger partial charge in [-0.05, 0) is 32.0 Å². The van der Waals surface area contributed by atoms with Gasteiger partial charge in [0.2, 0.25) is 0 Å². The zero-order valence-corrected chi connectivity index (χ0v) is 18.4. The number of benzene rings is 1. The van der Waals surface area contributed by atoms with E-state index in [0.29, 0.717) is 27.8 Å². The number of carbonyl (C=O) groups is 2. The summed E-state index contributed by atoms with van der Waals surface area (Å²) in [5.41, 5.74) is 9.39. The Bertz CT molecular complexity index is 1240. The summed E-state index contributed by atoms with van der Waals surface area (Å²) in [4.78, 5) is 32.3. The molecule has 2 amide bonds. The molecule has 1 aromatic carbocycles. The molecule has 3 heterocycles. The second-order valence-corrected chi connectivity index (χ2v) is 8.62. The number of amides is 2. The maximum atomic E-state index is 12.9.